The quantitative estimate of drug-likeness (QED) is 0.592. The molecule has 4 rings (SSSR count). The minimum Gasteiger partial charge on any atom is -0.379 e. The molecule has 1 aliphatic heterocycles. The SMILES string of the molecule is O=S(=O)(c1ccc(SCc2cc(F)cc3cccnc23)nc1)N1CCOCC1. The summed E-state index contributed by atoms with van der Waals surface area (Å²) in [4.78, 5) is 8.77. The van der Waals surface area contributed by atoms with Gasteiger partial charge in [-0.15, -0.1) is 11.8 Å². The highest BCUT2D eigenvalue weighted by molar-refractivity contribution is 7.98. The summed E-state index contributed by atoms with van der Waals surface area (Å²) in [7, 11) is -3.56. The molecule has 0 aliphatic carbocycles. The number of fused-ring (bicyclic) bond motifs is 1. The fraction of sp³-hybridized carbons (Fsp3) is 0.263. The van der Waals surface area contributed by atoms with Crippen molar-refractivity contribution in [2.24, 2.45) is 0 Å². The van der Waals surface area contributed by atoms with Gasteiger partial charge in [-0.2, -0.15) is 4.31 Å². The van der Waals surface area contributed by atoms with E-state index in [0.29, 0.717) is 37.1 Å². The number of hydrogen-bond donors (Lipinski definition) is 0. The Bertz CT molecular complexity index is 1090. The lowest BCUT2D eigenvalue weighted by Crippen LogP contribution is -2.40. The van der Waals surface area contributed by atoms with E-state index in [0.717, 1.165) is 16.5 Å². The van der Waals surface area contributed by atoms with E-state index in [9.17, 15) is 12.8 Å². The molecule has 3 aromatic rings. The molecule has 1 saturated heterocycles. The monoisotopic (exact) mass is 419 g/mol. The van der Waals surface area contributed by atoms with Crippen LogP contribution < -0.4 is 0 Å². The minimum absolute atomic E-state index is 0.164. The summed E-state index contributed by atoms with van der Waals surface area (Å²) >= 11 is 1.41. The number of hydrogen-bond acceptors (Lipinski definition) is 6. The highest BCUT2D eigenvalue weighted by atomic mass is 32.2. The van der Waals surface area contributed by atoms with Crippen LogP contribution in [0.2, 0.25) is 0 Å². The van der Waals surface area contributed by atoms with E-state index in [-0.39, 0.29) is 10.7 Å². The second kappa shape index (κ2) is 8.12. The van der Waals surface area contributed by atoms with Gasteiger partial charge in [-0.1, -0.05) is 6.07 Å². The maximum Gasteiger partial charge on any atom is 0.244 e. The maximum absolute atomic E-state index is 13.9. The van der Waals surface area contributed by atoms with Crippen LogP contribution in [0.25, 0.3) is 10.9 Å². The molecule has 0 radical (unpaired) electrons. The van der Waals surface area contributed by atoms with E-state index in [4.69, 9.17) is 4.74 Å². The topological polar surface area (TPSA) is 72.4 Å². The molecule has 6 nitrogen and oxygen atoms in total. The van der Waals surface area contributed by atoms with Gasteiger partial charge >= 0.3 is 0 Å². The van der Waals surface area contributed by atoms with Gasteiger partial charge in [0.05, 0.1) is 23.8 Å². The van der Waals surface area contributed by atoms with Crippen molar-refractivity contribution in [3.05, 3.63) is 60.2 Å². The van der Waals surface area contributed by atoms with Gasteiger partial charge in [0.15, 0.2) is 0 Å². The number of benzene rings is 1. The molecule has 9 heteroatoms. The van der Waals surface area contributed by atoms with Crippen LogP contribution in [-0.2, 0) is 20.5 Å². The Labute approximate surface area is 166 Å². The molecule has 0 atom stereocenters. The molecule has 28 heavy (non-hydrogen) atoms. The normalized spacial score (nSPS) is 15.8. The first-order chi connectivity index (χ1) is 13.5. The lowest BCUT2D eigenvalue weighted by Gasteiger charge is -2.25. The van der Waals surface area contributed by atoms with Crippen molar-refractivity contribution in [3.8, 4) is 0 Å². The van der Waals surface area contributed by atoms with Gasteiger partial charge < -0.3 is 4.74 Å². The molecule has 146 valence electrons. The average molecular weight is 420 g/mol. The molecule has 3 heterocycles. The Kier molecular flexibility index (Phi) is 5.58. The van der Waals surface area contributed by atoms with Crippen LogP contribution in [0.4, 0.5) is 4.39 Å². The molecular weight excluding hydrogens is 401 g/mol. The zero-order chi connectivity index (χ0) is 19.6. The summed E-state index contributed by atoms with van der Waals surface area (Å²) in [6.07, 6.45) is 3.05. The number of morpholine rings is 1. The molecule has 0 unspecified atom stereocenters. The van der Waals surface area contributed by atoms with E-state index in [1.165, 1.54) is 34.4 Å². The van der Waals surface area contributed by atoms with Crippen molar-refractivity contribution in [2.45, 2.75) is 15.7 Å². The third-order valence-electron chi connectivity index (χ3n) is 4.44. The Hall–Kier alpha value is -2.07. The zero-order valence-electron chi connectivity index (χ0n) is 14.9. The third-order valence-corrected chi connectivity index (χ3v) is 7.32. The predicted octanol–water partition coefficient (Wildman–Crippen LogP) is 3.08. The van der Waals surface area contributed by atoms with Crippen LogP contribution in [0.1, 0.15) is 5.56 Å². The van der Waals surface area contributed by atoms with Crippen molar-refractivity contribution in [1.29, 1.82) is 0 Å². The van der Waals surface area contributed by atoms with E-state index < -0.39 is 10.0 Å². The smallest absolute Gasteiger partial charge is 0.244 e. The molecular formula is C19H18FN3O3S2. The van der Waals surface area contributed by atoms with Crippen LogP contribution >= 0.6 is 11.8 Å². The Morgan fingerprint density at radius 2 is 1.96 bits per heavy atom. The molecule has 1 aromatic carbocycles. The van der Waals surface area contributed by atoms with Gasteiger partial charge in [0.2, 0.25) is 10.0 Å². The molecule has 0 saturated carbocycles. The van der Waals surface area contributed by atoms with Crippen LogP contribution in [0.3, 0.4) is 0 Å². The fourth-order valence-corrected chi connectivity index (χ4v) is 5.20. The molecule has 0 bridgehead atoms. The van der Waals surface area contributed by atoms with Crippen molar-refractivity contribution in [2.75, 3.05) is 26.3 Å². The van der Waals surface area contributed by atoms with Gasteiger partial charge in [0, 0.05) is 36.6 Å². The average Bonchev–Trinajstić information content (AvgIpc) is 2.73. The molecule has 0 N–H and O–H groups in total. The second-order valence-corrected chi connectivity index (χ2v) is 9.21. The van der Waals surface area contributed by atoms with Gasteiger partial charge in [-0.05, 0) is 35.9 Å². The van der Waals surface area contributed by atoms with Gasteiger partial charge in [0.25, 0.3) is 0 Å². The molecule has 1 aliphatic rings. The molecule has 2 aromatic heterocycles. The van der Waals surface area contributed by atoms with Crippen molar-refractivity contribution < 1.29 is 17.5 Å². The number of aromatic nitrogens is 2. The van der Waals surface area contributed by atoms with Gasteiger partial charge in [0.1, 0.15) is 10.7 Å². The summed E-state index contributed by atoms with van der Waals surface area (Å²) in [5.74, 6) is 0.171. The first-order valence-electron chi connectivity index (χ1n) is 8.74. The van der Waals surface area contributed by atoms with E-state index in [1.807, 2.05) is 6.07 Å². The summed E-state index contributed by atoms with van der Waals surface area (Å²) in [6.45, 7) is 1.49. The summed E-state index contributed by atoms with van der Waals surface area (Å²) in [5.41, 5.74) is 1.52. The number of sulfonamides is 1. The van der Waals surface area contributed by atoms with E-state index in [2.05, 4.69) is 9.97 Å². The second-order valence-electron chi connectivity index (χ2n) is 6.28. The van der Waals surface area contributed by atoms with Gasteiger partial charge in [-0.3, -0.25) is 4.98 Å². The Morgan fingerprint density at radius 3 is 2.71 bits per heavy atom. The van der Waals surface area contributed by atoms with Crippen molar-refractivity contribution >= 4 is 32.7 Å². The van der Waals surface area contributed by atoms with Crippen molar-refractivity contribution in [3.63, 3.8) is 0 Å². The number of pyridine rings is 2. The Balaban J connectivity index is 1.50. The van der Waals surface area contributed by atoms with Crippen LogP contribution in [0.15, 0.2) is 58.7 Å². The third kappa shape index (κ3) is 4.02. The maximum atomic E-state index is 13.9. The van der Waals surface area contributed by atoms with Crippen LogP contribution in [0, 0.1) is 5.82 Å². The number of thioether (sulfide) groups is 1. The van der Waals surface area contributed by atoms with Crippen LogP contribution in [0.5, 0.6) is 0 Å². The van der Waals surface area contributed by atoms with Crippen LogP contribution in [-0.4, -0.2) is 49.0 Å². The molecule has 0 amide bonds. The standard InChI is InChI=1S/C19H18FN3O3S2/c20-16-10-14-2-1-5-21-19(14)15(11-16)13-27-18-4-3-17(12-22-18)28(24,25)23-6-8-26-9-7-23/h1-5,10-12H,6-9,13H2. The number of nitrogens with zero attached hydrogens (tertiary/aromatic N) is 3. The summed E-state index contributed by atoms with van der Waals surface area (Å²) < 4.78 is 45.7. The lowest BCUT2D eigenvalue weighted by atomic mass is 10.1. The molecule has 0 spiro atoms. The first kappa shape index (κ1) is 19.3. The number of ether oxygens (including phenoxy) is 1. The summed E-state index contributed by atoms with van der Waals surface area (Å²) in [5, 5.41) is 1.41. The highest BCUT2D eigenvalue weighted by Gasteiger charge is 2.26. The highest BCUT2D eigenvalue weighted by Crippen LogP contribution is 2.27. The van der Waals surface area contributed by atoms with E-state index >= 15 is 0 Å². The van der Waals surface area contributed by atoms with Crippen molar-refractivity contribution in [1.82, 2.24) is 14.3 Å². The lowest BCUT2D eigenvalue weighted by molar-refractivity contribution is 0.0730. The van der Waals surface area contributed by atoms with Gasteiger partial charge in [-0.25, -0.2) is 17.8 Å². The minimum atomic E-state index is -3.56. The predicted molar refractivity (Wildman–Crippen MR) is 105 cm³/mol. The summed E-state index contributed by atoms with van der Waals surface area (Å²) in [6, 6.07) is 9.76. The molecule has 1 fully saturated rings. The van der Waals surface area contributed by atoms with E-state index in [1.54, 1.807) is 24.4 Å². The number of halogens is 1. The number of rotatable bonds is 5. The zero-order valence-corrected chi connectivity index (χ0v) is 16.5. The Morgan fingerprint density at radius 1 is 1.14 bits per heavy atom. The first-order valence-corrected chi connectivity index (χ1v) is 11.2. The fourth-order valence-electron chi connectivity index (χ4n) is 3.03. The largest absolute Gasteiger partial charge is 0.379 e.